The van der Waals surface area contributed by atoms with Crippen molar-refractivity contribution in [1.82, 2.24) is 4.57 Å². The van der Waals surface area contributed by atoms with Crippen LogP contribution in [0.2, 0.25) is 0 Å². The van der Waals surface area contributed by atoms with E-state index in [2.05, 4.69) is 54.1 Å². The van der Waals surface area contributed by atoms with Crippen LogP contribution < -0.4 is 4.74 Å². The van der Waals surface area contributed by atoms with Crippen LogP contribution in [0.5, 0.6) is 5.75 Å². The van der Waals surface area contributed by atoms with E-state index in [0.717, 1.165) is 24.3 Å². The number of ether oxygens (including phenoxy) is 3. The molecule has 3 aromatic rings. The maximum absolute atomic E-state index is 11.2. The SMILES string of the molecule is CSc1ccc(-c2ccc(C)n2CCOc2ccc(C[C@H]3CO[C@](C)(C(=O)O)OC3)cc2)cc1. The van der Waals surface area contributed by atoms with Crippen molar-refractivity contribution >= 4 is 17.7 Å². The lowest BCUT2D eigenvalue weighted by Crippen LogP contribution is -2.48. The van der Waals surface area contributed by atoms with Gasteiger partial charge >= 0.3 is 5.97 Å². The first kappa shape index (κ1) is 24.4. The molecule has 0 unspecified atom stereocenters. The number of hydrogen-bond acceptors (Lipinski definition) is 5. The van der Waals surface area contributed by atoms with Gasteiger partial charge in [0.05, 0.1) is 19.8 Å². The average Bonchev–Trinajstić information content (AvgIpc) is 3.22. The Morgan fingerprint density at radius 2 is 1.76 bits per heavy atom. The fourth-order valence-corrected chi connectivity index (χ4v) is 4.48. The fourth-order valence-electron chi connectivity index (χ4n) is 4.07. The van der Waals surface area contributed by atoms with Gasteiger partial charge in [-0.1, -0.05) is 24.3 Å². The smallest absolute Gasteiger partial charge is 0.364 e. The molecule has 0 aliphatic carbocycles. The number of aliphatic carboxylic acids is 1. The lowest BCUT2D eigenvalue weighted by molar-refractivity contribution is -0.270. The summed E-state index contributed by atoms with van der Waals surface area (Å²) in [6.45, 7) is 5.62. The van der Waals surface area contributed by atoms with E-state index in [4.69, 9.17) is 14.2 Å². The Morgan fingerprint density at radius 3 is 2.38 bits per heavy atom. The van der Waals surface area contributed by atoms with Crippen molar-refractivity contribution in [3.63, 3.8) is 0 Å². The molecule has 180 valence electrons. The molecule has 0 amide bonds. The molecule has 7 heteroatoms. The summed E-state index contributed by atoms with van der Waals surface area (Å²) in [6.07, 6.45) is 2.85. The molecule has 6 nitrogen and oxygen atoms in total. The highest BCUT2D eigenvalue weighted by atomic mass is 32.2. The number of aryl methyl sites for hydroxylation is 1. The monoisotopic (exact) mass is 481 g/mol. The minimum absolute atomic E-state index is 0.124. The molecule has 1 aromatic heterocycles. The molecule has 0 saturated carbocycles. The molecule has 1 fully saturated rings. The molecule has 4 rings (SSSR count). The molecule has 1 aliphatic heterocycles. The molecular formula is C27H31NO5S. The van der Waals surface area contributed by atoms with Crippen LogP contribution in [0.1, 0.15) is 18.2 Å². The molecule has 2 aromatic carbocycles. The Hall–Kier alpha value is -2.74. The van der Waals surface area contributed by atoms with Crippen LogP contribution in [-0.2, 0) is 27.2 Å². The third-order valence-corrected chi connectivity index (χ3v) is 6.94. The van der Waals surface area contributed by atoms with Gasteiger partial charge in [-0.05, 0) is 67.1 Å². The van der Waals surface area contributed by atoms with Gasteiger partial charge in [0.25, 0.3) is 5.79 Å². The minimum Gasteiger partial charge on any atom is -0.492 e. The number of carboxylic acid groups (broad SMARTS) is 1. The van der Waals surface area contributed by atoms with E-state index >= 15 is 0 Å². The predicted octanol–water partition coefficient (Wildman–Crippen LogP) is 5.27. The third-order valence-electron chi connectivity index (χ3n) is 6.19. The second kappa shape index (κ2) is 10.7. The van der Waals surface area contributed by atoms with Gasteiger partial charge in [0.15, 0.2) is 0 Å². The third kappa shape index (κ3) is 5.66. The van der Waals surface area contributed by atoms with Crippen molar-refractivity contribution in [3.05, 3.63) is 71.9 Å². The molecule has 1 saturated heterocycles. The zero-order valence-corrected chi connectivity index (χ0v) is 20.6. The number of nitrogens with zero attached hydrogens (tertiary/aromatic N) is 1. The number of aromatic nitrogens is 1. The predicted molar refractivity (Wildman–Crippen MR) is 133 cm³/mol. The second-order valence-electron chi connectivity index (χ2n) is 8.68. The summed E-state index contributed by atoms with van der Waals surface area (Å²) >= 11 is 1.74. The molecule has 1 N–H and O–H groups in total. The van der Waals surface area contributed by atoms with Gasteiger partial charge < -0.3 is 23.9 Å². The fraction of sp³-hybridized carbons (Fsp3) is 0.370. The first-order chi connectivity index (χ1) is 16.4. The number of carbonyl (C=O) groups is 1. The Bertz CT molecular complexity index is 1100. The Morgan fingerprint density at radius 1 is 1.09 bits per heavy atom. The molecule has 0 bridgehead atoms. The van der Waals surface area contributed by atoms with E-state index in [0.29, 0.717) is 19.8 Å². The van der Waals surface area contributed by atoms with Crippen LogP contribution in [-0.4, -0.2) is 47.5 Å². The van der Waals surface area contributed by atoms with Crippen LogP contribution >= 0.6 is 11.8 Å². The Labute approximate surface area is 204 Å². The van der Waals surface area contributed by atoms with Gasteiger partial charge in [-0.25, -0.2) is 4.79 Å². The molecule has 0 spiro atoms. The molecule has 1 aliphatic rings. The molecule has 34 heavy (non-hydrogen) atoms. The van der Waals surface area contributed by atoms with Crippen molar-refractivity contribution in [1.29, 1.82) is 0 Å². The quantitative estimate of drug-likeness (QED) is 0.420. The maximum Gasteiger partial charge on any atom is 0.364 e. The second-order valence-corrected chi connectivity index (χ2v) is 9.56. The lowest BCUT2D eigenvalue weighted by atomic mass is 9.99. The highest BCUT2D eigenvalue weighted by Gasteiger charge is 2.40. The summed E-state index contributed by atoms with van der Waals surface area (Å²) in [5.41, 5.74) is 4.74. The topological polar surface area (TPSA) is 69.9 Å². The highest BCUT2D eigenvalue weighted by molar-refractivity contribution is 7.98. The first-order valence-electron chi connectivity index (χ1n) is 11.4. The van der Waals surface area contributed by atoms with Gasteiger partial charge in [0, 0.05) is 29.1 Å². The van der Waals surface area contributed by atoms with E-state index in [1.807, 2.05) is 24.3 Å². The molecular weight excluding hydrogens is 450 g/mol. The first-order valence-corrected chi connectivity index (χ1v) is 12.6. The summed E-state index contributed by atoms with van der Waals surface area (Å²) in [5, 5.41) is 9.18. The number of thioether (sulfide) groups is 1. The lowest BCUT2D eigenvalue weighted by Gasteiger charge is -2.34. The zero-order chi connectivity index (χ0) is 24.1. The summed E-state index contributed by atoms with van der Waals surface area (Å²) in [5.74, 6) is -1.68. The van der Waals surface area contributed by atoms with E-state index in [9.17, 15) is 9.90 Å². The summed E-state index contributed by atoms with van der Waals surface area (Å²) in [4.78, 5) is 12.5. The van der Waals surface area contributed by atoms with Gasteiger partial charge in [0.1, 0.15) is 12.4 Å². The van der Waals surface area contributed by atoms with Crippen LogP contribution in [0.15, 0.2) is 65.6 Å². The standard InChI is InChI=1S/C27H31NO5S/c1-19-4-13-25(22-7-11-24(34-3)12-8-22)28(19)14-15-31-23-9-5-20(6-10-23)16-21-17-32-27(2,26(29)30)33-18-21/h4-13,21H,14-18H2,1-3H3,(H,29,30)/t21-,27-. The van der Waals surface area contributed by atoms with Crippen LogP contribution in [0, 0.1) is 12.8 Å². The van der Waals surface area contributed by atoms with Crippen molar-refractivity contribution in [2.75, 3.05) is 26.1 Å². The maximum atomic E-state index is 11.2. The van der Waals surface area contributed by atoms with Gasteiger partial charge in [-0.15, -0.1) is 11.8 Å². The van der Waals surface area contributed by atoms with Gasteiger partial charge in [0.2, 0.25) is 0 Å². The largest absolute Gasteiger partial charge is 0.492 e. The number of hydrogen-bond donors (Lipinski definition) is 1. The van der Waals surface area contributed by atoms with E-state index < -0.39 is 11.8 Å². The van der Waals surface area contributed by atoms with E-state index in [1.165, 1.54) is 28.8 Å². The van der Waals surface area contributed by atoms with Crippen LogP contribution in [0.3, 0.4) is 0 Å². The average molecular weight is 482 g/mol. The number of benzene rings is 2. The minimum atomic E-state index is -1.54. The Kier molecular flexibility index (Phi) is 7.66. The van der Waals surface area contributed by atoms with E-state index in [-0.39, 0.29) is 5.92 Å². The normalized spacial score (nSPS) is 20.3. The molecule has 0 atom stereocenters. The van der Waals surface area contributed by atoms with Crippen molar-refractivity contribution in [2.45, 2.75) is 37.5 Å². The van der Waals surface area contributed by atoms with Crippen LogP contribution in [0.4, 0.5) is 0 Å². The number of carboxylic acids is 1. The van der Waals surface area contributed by atoms with Crippen molar-refractivity contribution in [3.8, 4) is 17.0 Å². The van der Waals surface area contributed by atoms with Crippen molar-refractivity contribution in [2.24, 2.45) is 5.92 Å². The summed E-state index contributed by atoms with van der Waals surface area (Å²) in [7, 11) is 0. The zero-order valence-electron chi connectivity index (χ0n) is 19.8. The van der Waals surface area contributed by atoms with Gasteiger partial charge in [-0.2, -0.15) is 0 Å². The summed E-state index contributed by atoms with van der Waals surface area (Å²) < 4.78 is 19.2. The number of rotatable bonds is 9. The Balaban J connectivity index is 1.29. The molecule has 2 heterocycles. The van der Waals surface area contributed by atoms with Crippen molar-refractivity contribution < 1.29 is 24.1 Å². The summed E-state index contributed by atoms with van der Waals surface area (Å²) in [6, 6.07) is 21.0. The van der Waals surface area contributed by atoms with Crippen LogP contribution in [0.25, 0.3) is 11.3 Å². The molecule has 0 radical (unpaired) electrons. The van der Waals surface area contributed by atoms with Gasteiger partial charge in [-0.3, -0.25) is 0 Å². The van der Waals surface area contributed by atoms with E-state index in [1.54, 1.807) is 11.8 Å². The highest BCUT2D eigenvalue weighted by Crippen LogP contribution is 2.26.